The van der Waals surface area contributed by atoms with Gasteiger partial charge in [-0.05, 0) is 20.3 Å². The fourth-order valence-corrected chi connectivity index (χ4v) is 1.89. The zero-order chi connectivity index (χ0) is 20.4. The van der Waals surface area contributed by atoms with Gasteiger partial charge in [-0.2, -0.15) is 0 Å². The highest BCUT2D eigenvalue weighted by Crippen LogP contribution is 2.10. The lowest BCUT2D eigenvalue weighted by Gasteiger charge is -2.18. The van der Waals surface area contributed by atoms with E-state index in [1.54, 1.807) is 41.5 Å². The van der Waals surface area contributed by atoms with E-state index < -0.39 is 24.0 Å². The molecule has 0 aliphatic rings. The standard InChI is InChI=1S/C18H30N2O6/c1-10(2)16(23)19-12(5)7-14(8-15(21)22)18(25)26-9-13(6)20-17(24)11(3)4/h8,10-13H,7,9H2,1-6H3,(H,19,23)(H,20,24)(H,21,22)/t12-,13-/m1/s1. The average molecular weight is 370 g/mol. The number of hydrogen-bond acceptors (Lipinski definition) is 5. The Hall–Kier alpha value is -2.38. The van der Waals surface area contributed by atoms with Gasteiger partial charge in [0.2, 0.25) is 11.8 Å². The quantitative estimate of drug-likeness (QED) is 0.393. The van der Waals surface area contributed by atoms with Gasteiger partial charge in [0.1, 0.15) is 6.61 Å². The van der Waals surface area contributed by atoms with E-state index in [-0.39, 0.29) is 42.3 Å². The number of carbonyl (C=O) groups excluding carboxylic acids is 3. The second-order valence-corrected chi connectivity index (χ2v) is 6.94. The molecule has 0 bridgehead atoms. The number of aliphatic carboxylic acids is 1. The molecule has 0 saturated heterocycles. The number of esters is 1. The first-order valence-corrected chi connectivity index (χ1v) is 8.65. The minimum Gasteiger partial charge on any atom is -0.478 e. The Morgan fingerprint density at radius 2 is 1.35 bits per heavy atom. The van der Waals surface area contributed by atoms with Crippen molar-refractivity contribution in [2.45, 2.75) is 60.0 Å². The Morgan fingerprint density at radius 1 is 0.885 bits per heavy atom. The summed E-state index contributed by atoms with van der Waals surface area (Å²) in [5.74, 6) is -2.84. The molecule has 0 radical (unpaired) electrons. The lowest BCUT2D eigenvalue weighted by Crippen LogP contribution is -2.39. The molecule has 26 heavy (non-hydrogen) atoms. The highest BCUT2D eigenvalue weighted by Gasteiger charge is 2.20. The molecule has 148 valence electrons. The number of amides is 2. The van der Waals surface area contributed by atoms with Crippen LogP contribution in [0.25, 0.3) is 0 Å². The molecule has 0 aromatic carbocycles. The van der Waals surface area contributed by atoms with Crippen molar-refractivity contribution < 1.29 is 29.0 Å². The van der Waals surface area contributed by atoms with Gasteiger partial charge < -0.3 is 20.5 Å². The van der Waals surface area contributed by atoms with Gasteiger partial charge in [-0.3, -0.25) is 9.59 Å². The highest BCUT2D eigenvalue weighted by molar-refractivity contribution is 5.95. The van der Waals surface area contributed by atoms with Gasteiger partial charge in [0.15, 0.2) is 0 Å². The Kier molecular flexibility index (Phi) is 10.2. The lowest BCUT2D eigenvalue weighted by molar-refractivity contribution is -0.141. The van der Waals surface area contributed by atoms with Crippen LogP contribution < -0.4 is 10.6 Å². The molecule has 0 aromatic heterocycles. The molecule has 2 amide bonds. The number of carboxylic acid groups (broad SMARTS) is 1. The maximum atomic E-state index is 12.2. The van der Waals surface area contributed by atoms with Crippen LogP contribution in [0.3, 0.4) is 0 Å². The topological polar surface area (TPSA) is 122 Å². The van der Waals surface area contributed by atoms with Crippen molar-refractivity contribution in [3.8, 4) is 0 Å². The van der Waals surface area contributed by atoms with Crippen molar-refractivity contribution in [2.24, 2.45) is 11.8 Å². The van der Waals surface area contributed by atoms with Crippen molar-refractivity contribution >= 4 is 23.8 Å². The molecule has 0 fully saturated rings. The number of ether oxygens (including phenoxy) is 1. The van der Waals surface area contributed by atoms with Gasteiger partial charge in [-0.1, -0.05) is 27.7 Å². The van der Waals surface area contributed by atoms with Crippen LogP contribution in [0.2, 0.25) is 0 Å². The maximum absolute atomic E-state index is 12.2. The summed E-state index contributed by atoms with van der Waals surface area (Å²) in [5, 5.41) is 14.3. The smallest absolute Gasteiger partial charge is 0.334 e. The first kappa shape index (κ1) is 23.6. The van der Waals surface area contributed by atoms with Crippen LogP contribution in [0.15, 0.2) is 11.6 Å². The molecule has 0 saturated carbocycles. The Bertz CT molecular complexity index is 554. The summed E-state index contributed by atoms with van der Waals surface area (Å²) in [6.07, 6.45) is 0.800. The van der Waals surface area contributed by atoms with Gasteiger partial charge >= 0.3 is 11.9 Å². The second-order valence-electron chi connectivity index (χ2n) is 6.94. The molecular weight excluding hydrogens is 340 g/mol. The molecule has 8 heteroatoms. The third kappa shape index (κ3) is 9.80. The van der Waals surface area contributed by atoms with Crippen molar-refractivity contribution in [3.63, 3.8) is 0 Å². The molecule has 0 aliphatic heterocycles. The molecule has 0 rings (SSSR count). The van der Waals surface area contributed by atoms with Gasteiger partial charge in [-0.25, -0.2) is 9.59 Å². The van der Waals surface area contributed by atoms with Crippen molar-refractivity contribution in [3.05, 3.63) is 11.6 Å². The normalized spacial score (nSPS) is 13.9. The van der Waals surface area contributed by atoms with Crippen molar-refractivity contribution in [1.82, 2.24) is 10.6 Å². The number of hydrogen-bond donors (Lipinski definition) is 3. The summed E-state index contributed by atoms with van der Waals surface area (Å²) in [4.78, 5) is 46.4. The second kappa shape index (κ2) is 11.3. The van der Waals surface area contributed by atoms with Crippen molar-refractivity contribution in [2.75, 3.05) is 6.61 Å². The van der Waals surface area contributed by atoms with E-state index in [0.717, 1.165) is 6.08 Å². The number of rotatable bonds is 10. The van der Waals surface area contributed by atoms with Gasteiger partial charge in [0.05, 0.1) is 6.04 Å². The van der Waals surface area contributed by atoms with E-state index in [4.69, 9.17) is 9.84 Å². The number of nitrogens with one attached hydrogen (secondary N) is 2. The largest absolute Gasteiger partial charge is 0.478 e. The minimum absolute atomic E-state index is 0.0241. The SMILES string of the molecule is CC(C)C(=O)N[C@H](C)COC(=O)C(=CC(=O)O)C[C@@H](C)NC(=O)C(C)C. The number of carboxylic acids is 1. The molecule has 2 atom stereocenters. The fourth-order valence-electron chi connectivity index (χ4n) is 1.89. The van der Waals surface area contributed by atoms with E-state index in [1.807, 2.05) is 0 Å². The van der Waals surface area contributed by atoms with Crippen LogP contribution in [0, 0.1) is 11.8 Å². The van der Waals surface area contributed by atoms with Gasteiger partial charge in [-0.15, -0.1) is 0 Å². The zero-order valence-electron chi connectivity index (χ0n) is 16.3. The summed E-state index contributed by atoms with van der Waals surface area (Å²) in [6.45, 7) is 10.2. The summed E-state index contributed by atoms with van der Waals surface area (Å²) in [7, 11) is 0. The monoisotopic (exact) mass is 370 g/mol. The molecule has 0 aromatic rings. The van der Waals surface area contributed by atoms with E-state index >= 15 is 0 Å². The van der Waals surface area contributed by atoms with Crippen LogP contribution in [-0.4, -0.2) is 47.6 Å². The highest BCUT2D eigenvalue weighted by atomic mass is 16.5. The predicted octanol–water partition coefficient (Wildman–Crippen LogP) is 1.25. The molecule has 0 spiro atoms. The van der Waals surface area contributed by atoms with Gasteiger partial charge in [0, 0.05) is 29.5 Å². The third-order valence-electron chi connectivity index (χ3n) is 3.38. The Morgan fingerprint density at radius 3 is 1.77 bits per heavy atom. The Labute approximate surface area is 154 Å². The lowest BCUT2D eigenvalue weighted by atomic mass is 10.1. The van der Waals surface area contributed by atoms with Crippen LogP contribution in [0.5, 0.6) is 0 Å². The summed E-state index contributed by atoms with van der Waals surface area (Å²) < 4.78 is 5.10. The molecule has 0 heterocycles. The van der Waals surface area contributed by atoms with Crippen LogP contribution >= 0.6 is 0 Å². The van der Waals surface area contributed by atoms with Gasteiger partial charge in [0.25, 0.3) is 0 Å². The van der Waals surface area contributed by atoms with Crippen LogP contribution in [-0.2, 0) is 23.9 Å². The fraction of sp³-hybridized carbons (Fsp3) is 0.667. The molecule has 8 nitrogen and oxygen atoms in total. The minimum atomic E-state index is -1.28. The predicted molar refractivity (Wildman–Crippen MR) is 96.2 cm³/mol. The molecule has 0 aliphatic carbocycles. The average Bonchev–Trinajstić information content (AvgIpc) is 2.50. The summed E-state index contributed by atoms with van der Waals surface area (Å²) in [6, 6.07) is -0.834. The van der Waals surface area contributed by atoms with Crippen molar-refractivity contribution in [1.29, 1.82) is 0 Å². The number of carbonyl (C=O) groups is 4. The summed E-state index contributed by atoms with van der Waals surface area (Å²) >= 11 is 0. The van der Waals surface area contributed by atoms with Crippen LogP contribution in [0.1, 0.15) is 48.0 Å². The maximum Gasteiger partial charge on any atom is 0.334 e. The van der Waals surface area contributed by atoms with Crippen LogP contribution in [0.4, 0.5) is 0 Å². The zero-order valence-corrected chi connectivity index (χ0v) is 16.3. The first-order chi connectivity index (χ1) is 11.9. The van der Waals surface area contributed by atoms with E-state index in [1.165, 1.54) is 0 Å². The third-order valence-corrected chi connectivity index (χ3v) is 3.38. The Balaban J connectivity index is 4.78. The van der Waals surface area contributed by atoms with E-state index in [2.05, 4.69) is 10.6 Å². The molecular formula is C18H30N2O6. The molecule has 3 N–H and O–H groups in total. The molecule has 0 unspecified atom stereocenters. The van der Waals surface area contributed by atoms with E-state index in [0.29, 0.717) is 0 Å². The van der Waals surface area contributed by atoms with E-state index in [9.17, 15) is 19.2 Å². The first-order valence-electron chi connectivity index (χ1n) is 8.65. The summed E-state index contributed by atoms with van der Waals surface area (Å²) in [5.41, 5.74) is -0.0588.